The molecule has 7 nitrogen and oxygen atoms in total. The SMILES string of the molecule is CC(C)NC(=O)CN1CCN(C(=O)Cc2cnn(-c3ccccc3)c2)CC1. The number of piperazine rings is 1. The van der Waals surface area contributed by atoms with Crippen LogP contribution in [-0.2, 0) is 16.0 Å². The van der Waals surface area contributed by atoms with Crippen molar-refractivity contribution >= 4 is 11.8 Å². The monoisotopic (exact) mass is 369 g/mol. The molecule has 2 aromatic rings. The molecular weight excluding hydrogens is 342 g/mol. The summed E-state index contributed by atoms with van der Waals surface area (Å²) in [6, 6.07) is 9.99. The first kappa shape index (κ1) is 19.1. The Kier molecular flexibility index (Phi) is 6.24. The summed E-state index contributed by atoms with van der Waals surface area (Å²) in [5, 5.41) is 7.25. The first-order valence-electron chi connectivity index (χ1n) is 9.40. The van der Waals surface area contributed by atoms with E-state index in [4.69, 9.17) is 0 Å². The lowest BCUT2D eigenvalue weighted by Gasteiger charge is -2.34. The number of hydrogen-bond acceptors (Lipinski definition) is 4. The Morgan fingerprint density at radius 1 is 1.11 bits per heavy atom. The van der Waals surface area contributed by atoms with E-state index in [9.17, 15) is 9.59 Å². The van der Waals surface area contributed by atoms with Gasteiger partial charge in [0, 0.05) is 38.4 Å². The van der Waals surface area contributed by atoms with Crippen molar-refractivity contribution in [2.24, 2.45) is 0 Å². The number of para-hydroxylation sites is 1. The number of carbonyl (C=O) groups is 2. The fourth-order valence-electron chi connectivity index (χ4n) is 3.19. The Morgan fingerprint density at radius 3 is 2.48 bits per heavy atom. The third-order valence-electron chi connectivity index (χ3n) is 4.55. The fourth-order valence-corrected chi connectivity index (χ4v) is 3.19. The zero-order valence-corrected chi connectivity index (χ0v) is 16.0. The quantitative estimate of drug-likeness (QED) is 0.827. The van der Waals surface area contributed by atoms with Gasteiger partial charge in [0.2, 0.25) is 11.8 Å². The van der Waals surface area contributed by atoms with Crippen LogP contribution < -0.4 is 5.32 Å². The van der Waals surface area contributed by atoms with Crippen molar-refractivity contribution in [1.29, 1.82) is 0 Å². The van der Waals surface area contributed by atoms with Gasteiger partial charge in [-0.1, -0.05) is 18.2 Å². The van der Waals surface area contributed by atoms with Gasteiger partial charge in [-0.2, -0.15) is 5.10 Å². The lowest BCUT2D eigenvalue weighted by Crippen LogP contribution is -2.51. The fraction of sp³-hybridized carbons (Fsp3) is 0.450. The molecule has 1 aliphatic rings. The zero-order chi connectivity index (χ0) is 19.2. The van der Waals surface area contributed by atoms with E-state index >= 15 is 0 Å². The molecule has 0 unspecified atom stereocenters. The van der Waals surface area contributed by atoms with E-state index in [0.717, 1.165) is 24.3 Å². The van der Waals surface area contributed by atoms with Crippen molar-refractivity contribution in [3.05, 3.63) is 48.3 Å². The molecule has 3 rings (SSSR count). The highest BCUT2D eigenvalue weighted by Crippen LogP contribution is 2.10. The van der Waals surface area contributed by atoms with Crippen LogP contribution in [0.3, 0.4) is 0 Å². The van der Waals surface area contributed by atoms with Gasteiger partial charge >= 0.3 is 0 Å². The molecule has 1 fully saturated rings. The van der Waals surface area contributed by atoms with E-state index in [1.807, 2.05) is 55.3 Å². The summed E-state index contributed by atoms with van der Waals surface area (Å²) >= 11 is 0. The van der Waals surface area contributed by atoms with Crippen LogP contribution in [0, 0.1) is 0 Å². The van der Waals surface area contributed by atoms with Crippen LogP contribution in [0.4, 0.5) is 0 Å². The molecule has 1 N–H and O–H groups in total. The van der Waals surface area contributed by atoms with E-state index in [-0.39, 0.29) is 17.9 Å². The van der Waals surface area contributed by atoms with Gasteiger partial charge in [-0.05, 0) is 31.5 Å². The summed E-state index contributed by atoms with van der Waals surface area (Å²) < 4.78 is 1.79. The molecule has 0 spiro atoms. The third-order valence-corrected chi connectivity index (χ3v) is 4.55. The Bertz CT molecular complexity index is 764. The number of carbonyl (C=O) groups excluding carboxylic acids is 2. The van der Waals surface area contributed by atoms with E-state index in [1.54, 1.807) is 10.9 Å². The minimum Gasteiger partial charge on any atom is -0.353 e. The molecule has 27 heavy (non-hydrogen) atoms. The minimum atomic E-state index is 0.0399. The van der Waals surface area contributed by atoms with Crippen LogP contribution in [0.2, 0.25) is 0 Å². The first-order valence-corrected chi connectivity index (χ1v) is 9.40. The average molecular weight is 369 g/mol. The first-order chi connectivity index (χ1) is 13.0. The zero-order valence-electron chi connectivity index (χ0n) is 16.0. The molecule has 144 valence electrons. The molecular formula is C20H27N5O2. The molecule has 0 radical (unpaired) electrons. The number of nitrogens with zero attached hydrogens (tertiary/aromatic N) is 4. The molecule has 0 atom stereocenters. The second kappa shape index (κ2) is 8.81. The van der Waals surface area contributed by atoms with E-state index < -0.39 is 0 Å². The van der Waals surface area contributed by atoms with Gasteiger partial charge in [0.25, 0.3) is 0 Å². The van der Waals surface area contributed by atoms with Crippen molar-refractivity contribution in [3.8, 4) is 5.69 Å². The number of benzene rings is 1. The molecule has 7 heteroatoms. The van der Waals surface area contributed by atoms with Crippen LogP contribution in [-0.4, -0.2) is 70.2 Å². The topological polar surface area (TPSA) is 70.5 Å². The number of hydrogen-bond donors (Lipinski definition) is 1. The van der Waals surface area contributed by atoms with Gasteiger partial charge in [0.05, 0.1) is 24.8 Å². The van der Waals surface area contributed by atoms with Crippen molar-refractivity contribution in [2.75, 3.05) is 32.7 Å². The van der Waals surface area contributed by atoms with Crippen molar-refractivity contribution in [3.63, 3.8) is 0 Å². The van der Waals surface area contributed by atoms with Gasteiger partial charge in [0.1, 0.15) is 0 Å². The largest absolute Gasteiger partial charge is 0.353 e. The van der Waals surface area contributed by atoms with Gasteiger partial charge in [-0.25, -0.2) is 4.68 Å². The summed E-state index contributed by atoms with van der Waals surface area (Å²) in [5.41, 5.74) is 1.88. The molecule has 1 aliphatic heterocycles. The standard InChI is InChI=1S/C20H27N5O2/c1-16(2)22-19(26)15-23-8-10-24(11-9-23)20(27)12-17-13-21-25(14-17)18-6-4-3-5-7-18/h3-7,13-14,16H,8-12,15H2,1-2H3,(H,22,26). The van der Waals surface area contributed by atoms with Crippen molar-refractivity contribution in [1.82, 2.24) is 24.9 Å². The molecule has 0 bridgehead atoms. The summed E-state index contributed by atoms with van der Waals surface area (Å²) in [6.07, 6.45) is 4.00. The normalized spacial score (nSPS) is 15.1. The average Bonchev–Trinajstić information content (AvgIpc) is 3.11. The lowest BCUT2D eigenvalue weighted by atomic mass is 10.2. The number of amides is 2. The van der Waals surface area contributed by atoms with Gasteiger partial charge in [-0.15, -0.1) is 0 Å². The third kappa shape index (κ3) is 5.40. The summed E-state index contributed by atoms with van der Waals surface area (Å²) in [7, 11) is 0. The van der Waals surface area contributed by atoms with Gasteiger partial charge in [0.15, 0.2) is 0 Å². The molecule has 1 aromatic carbocycles. The van der Waals surface area contributed by atoms with Crippen LogP contribution in [0.25, 0.3) is 5.69 Å². The number of rotatable bonds is 6. The maximum atomic E-state index is 12.6. The predicted molar refractivity (Wildman–Crippen MR) is 104 cm³/mol. The molecule has 2 amide bonds. The van der Waals surface area contributed by atoms with Crippen LogP contribution in [0.1, 0.15) is 19.4 Å². The number of aromatic nitrogens is 2. The lowest BCUT2D eigenvalue weighted by molar-refractivity contribution is -0.132. The molecule has 1 saturated heterocycles. The van der Waals surface area contributed by atoms with Crippen LogP contribution >= 0.6 is 0 Å². The molecule has 0 aliphatic carbocycles. The van der Waals surface area contributed by atoms with E-state index in [2.05, 4.69) is 15.3 Å². The minimum absolute atomic E-state index is 0.0399. The highest BCUT2D eigenvalue weighted by molar-refractivity contribution is 5.79. The summed E-state index contributed by atoms with van der Waals surface area (Å²) in [4.78, 5) is 28.4. The summed E-state index contributed by atoms with van der Waals surface area (Å²) in [6.45, 7) is 7.05. The van der Waals surface area contributed by atoms with Crippen LogP contribution in [0.15, 0.2) is 42.7 Å². The van der Waals surface area contributed by atoms with Gasteiger partial charge < -0.3 is 10.2 Å². The highest BCUT2D eigenvalue weighted by Gasteiger charge is 2.23. The second-order valence-electron chi connectivity index (χ2n) is 7.18. The van der Waals surface area contributed by atoms with E-state index in [0.29, 0.717) is 26.1 Å². The maximum absolute atomic E-state index is 12.6. The summed E-state index contributed by atoms with van der Waals surface area (Å²) in [5.74, 6) is 0.145. The van der Waals surface area contributed by atoms with E-state index in [1.165, 1.54) is 0 Å². The van der Waals surface area contributed by atoms with Crippen molar-refractivity contribution < 1.29 is 9.59 Å². The Hall–Kier alpha value is -2.67. The van der Waals surface area contributed by atoms with Crippen molar-refractivity contribution in [2.45, 2.75) is 26.3 Å². The number of nitrogens with one attached hydrogen (secondary N) is 1. The Labute approximate surface area is 159 Å². The molecule has 0 saturated carbocycles. The Balaban J connectivity index is 1.47. The van der Waals surface area contributed by atoms with Crippen LogP contribution in [0.5, 0.6) is 0 Å². The smallest absolute Gasteiger partial charge is 0.234 e. The Morgan fingerprint density at radius 2 is 1.81 bits per heavy atom. The molecule has 1 aromatic heterocycles. The maximum Gasteiger partial charge on any atom is 0.234 e. The molecule has 2 heterocycles. The highest BCUT2D eigenvalue weighted by atomic mass is 16.2. The second-order valence-corrected chi connectivity index (χ2v) is 7.18. The van der Waals surface area contributed by atoms with Gasteiger partial charge in [-0.3, -0.25) is 14.5 Å². The predicted octanol–water partition coefficient (Wildman–Crippen LogP) is 1.08.